The summed E-state index contributed by atoms with van der Waals surface area (Å²) in [6.45, 7) is 7.98. The highest BCUT2D eigenvalue weighted by molar-refractivity contribution is 5.93. The molecule has 3 rings (SSSR count). The van der Waals surface area contributed by atoms with Crippen molar-refractivity contribution in [1.29, 1.82) is 0 Å². The van der Waals surface area contributed by atoms with Gasteiger partial charge in [-0.1, -0.05) is 36.3 Å². The van der Waals surface area contributed by atoms with Crippen molar-refractivity contribution in [1.82, 2.24) is 24.8 Å². The molecule has 2 heterocycles. The summed E-state index contributed by atoms with van der Waals surface area (Å²) in [7, 11) is 1.88. The standard InChI is InChI=1S/C22H31N5O2/c1-5-6-13-25(4)21(28)18-11-14-26(15-12-18)22(29)20-17(3)27(24-23-20)19-9-7-16(2)8-10-19/h7-10,18H,5-6,11-15H2,1-4H3. The van der Waals surface area contributed by atoms with Crippen LogP contribution >= 0.6 is 0 Å². The Morgan fingerprint density at radius 1 is 1.14 bits per heavy atom. The first-order valence-electron chi connectivity index (χ1n) is 10.5. The summed E-state index contributed by atoms with van der Waals surface area (Å²) < 4.78 is 1.70. The average Bonchev–Trinajstić information content (AvgIpc) is 3.12. The van der Waals surface area contributed by atoms with Crippen LogP contribution in [-0.4, -0.2) is 63.3 Å². The van der Waals surface area contributed by atoms with Crippen LogP contribution in [-0.2, 0) is 4.79 Å². The highest BCUT2D eigenvalue weighted by Crippen LogP contribution is 2.22. The molecule has 1 fully saturated rings. The number of likely N-dealkylation sites (tertiary alicyclic amines) is 1. The predicted molar refractivity (Wildman–Crippen MR) is 112 cm³/mol. The number of nitrogens with zero attached hydrogens (tertiary/aromatic N) is 5. The fraction of sp³-hybridized carbons (Fsp3) is 0.545. The Morgan fingerprint density at radius 2 is 1.79 bits per heavy atom. The van der Waals surface area contributed by atoms with Crippen LogP contribution in [0.2, 0.25) is 0 Å². The first kappa shape index (κ1) is 21.0. The van der Waals surface area contributed by atoms with E-state index in [9.17, 15) is 9.59 Å². The highest BCUT2D eigenvalue weighted by atomic mass is 16.2. The van der Waals surface area contributed by atoms with E-state index in [1.807, 2.05) is 50.1 Å². The molecule has 0 radical (unpaired) electrons. The van der Waals surface area contributed by atoms with Crippen molar-refractivity contribution in [3.8, 4) is 5.69 Å². The van der Waals surface area contributed by atoms with E-state index in [0.717, 1.165) is 30.8 Å². The third-order valence-corrected chi connectivity index (χ3v) is 5.73. The number of carbonyl (C=O) groups is 2. The van der Waals surface area contributed by atoms with Gasteiger partial charge in [-0.2, -0.15) is 0 Å². The van der Waals surface area contributed by atoms with Crippen LogP contribution in [0.1, 0.15) is 54.4 Å². The molecule has 156 valence electrons. The molecule has 0 saturated carbocycles. The number of rotatable bonds is 6. The van der Waals surface area contributed by atoms with Gasteiger partial charge in [-0.05, 0) is 45.2 Å². The van der Waals surface area contributed by atoms with Crippen molar-refractivity contribution >= 4 is 11.8 Å². The lowest BCUT2D eigenvalue weighted by Crippen LogP contribution is -2.44. The minimum Gasteiger partial charge on any atom is -0.346 e. The van der Waals surface area contributed by atoms with E-state index in [1.54, 1.807) is 9.58 Å². The van der Waals surface area contributed by atoms with Gasteiger partial charge in [-0.25, -0.2) is 4.68 Å². The fourth-order valence-corrected chi connectivity index (χ4v) is 3.75. The SMILES string of the molecule is CCCCN(C)C(=O)C1CCN(C(=O)c2nnn(-c3ccc(C)cc3)c2C)CC1. The second kappa shape index (κ2) is 9.20. The van der Waals surface area contributed by atoms with Crippen LogP contribution in [0.4, 0.5) is 0 Å². The zero-order valence-electron chi connectivity index (χ0n) is 17.9. The number of piperidine rings is 1. The molecule has 0 unspecified atom stereocenters. The number of aromatic nitrogens is 3. The van der Waals surface area contributed by atoms with E-state index in [4.69, 9.17) is 0 Å². The molecule has 7 nitrogen and oxygen atoms in total. The van der Waals surface area contributed by atoms with Gasteiger partial charge in [0.05, 0.1) is 11.4 Å². The summed E-state index contributed by atoms with van der Waals surface area (Å²) in [5.74, 6) is 0.100. The Labute approximate surface area is 172 Å². The van der Waals surface area contributed by atoms with Crippen LogP contribution in [0.15, 0.2) is 24.3 Å². The summed E-state index contributed by atoms with van der Waals surface area (Å²) in [6, 6.07) is 7.96. The van der Waals surface area contributed by atoms with E-state index >= 15 is 0 Å². The number of aryl methyl sites for hydroxylation is 1. The van der Waals surface area contributed by atoms with Crippen molar-refractivity contribution in [2.24, 2.45) is 5.92 Å². The lowest BCUT2D eigenvalue weighted by atomic mass is 9.95. The molecule has 1 aromatic heterocycles. The van der Waals surface area contributed by atoms with Crippen molar-refractivity contribution < 1.29 is 9.59 Å². The Hall–Kier alpha value is -2.70. The molecular weight excluding hydrogens is 366 g/mol. The van der Waals surface area contributed by atoms with Gasteiger partial charge >= 0.3 is 0 Å². The molecule has 29 heavy (non-hydrogen) atoms. The number of amides is 2. The van der Waals surface area contributed by atoms with E-state index < -0.39 is 0 Å². The summed E-state index contributed by atoms with van der Waals surface area (Å²) in [4.78, 5) is 29.2. The predicted octanol–water partition coefficient (Wildman–Crippen LogP) is 2.99. The highest BCUT2D eigenvalue weighted by Gasteiger charge is 2.31. The second-order valence-electron chi connectivity index (χ2n) is 7.95. The number of hydrogen-bond donors (Lipinski definition) is 0. The Bertz CT molecular complexity index is 851. The van der Waals surface area contributed by atoms with Crippen LogP contribution in [0, 0.1) is 19.8 Å². The summed E-state index contributed by atoms with van der Waals surface area (Å²) in [6.07, 6.45) is 3.50. The molecule has 0 atom stereocenters. The smallest absolute Gasteiger partial charge is 0.276 e. The maximum absolute atomic E-state index is 13.0. The second-order valence-corrected chi connectivity index (χ2v) is 7.95. The van der Waals surface area contributed by atoms with E-state index in [1.165, 1.54) is 5.56 Å². The zero-order chi connectivity index (χ0) is 21.0. The molecule has 1 saturated heterocycles. The topological polar surface area (TPSA) is 71.3 Å². The first-order valence-corrected chi connectivity index (χ1v) is 10.5. The van der Waals surface area contributed by atoms with E-state index in [-0.39, 0.29) is 17.7 Å². The van der Waals surface area contributed by atoms with Gasteiger partial charge in [-0.3, -0.25) is 9.59 Å². The minimum atomic E-state index is -0.105. The van der Waals surface area contributed by atoms with Crippen LogP contribution in [0.25, 0.3) is 5.69 Å². The van der Waals surface area contributed by atoms with Crippen LogP contribution < -0.4 is 0 Å². The van der Waals surface area contributed by atoms with Crippen LogP contribution in [0.5, 0.6) is 0 Å². The quantitative estimate of drug-likeness (QED) is 0.751. The maximum atomic E-state index is 13.0. The lowest BCUT2D eigenvalue weighted by Gasteiger charge is -2.33. The van der Waals surface area contributed by atoms with E-state index in [0.29, 0.717) is 31.6 Å². The number of unbranched alkanes of at least 4 members (excludes halogenated alkanes) is 1. The molecular formula is C22H31N5O2. The van der Waals surface area contributed by atoms with Gasteiger partial charge in [0.15, 0.2) is 5.69 Å². The van der Waals surface area contributed by atoms with Gasteiger partial charge in [0.25, 0.3) is 5.91 Å². The van der Waals surface area contributed by atoms with Crippen molar-refractivity contribution in [3.05, 3.63) is 41.2 Å². The van der Waals surface area contributed by atoms with Gasteiger partial charge in [0.1, 0.15) is 0 Å². The summed E-state index contributed by atoms with van der Waals surface area (Å²) in [5, 5.41) is 8.34. The molecule has 2 aromatic rings. The lowest BCUT2D eigenvalue weighted by molar-refractivity contribution is -0.135. The third-order valence-electron chi connectivity index (χ3n) is 5.73. The fourth-order valence-electron chi connectivity index (χ4n) is 3.75. The van der Waals surface area contributed by atoms with E-state index in [2.05, 4.69) is 17.2 Å². The Balaban J connectivity index is 1.63. The molecule has 0 bridgehead atoms. The molecule has 1 aliphatic rings. The van der Waals surface area contributed by atoms with Crippen molar-refractivity contribution in [3.63, 3.8) is 0 Å². The van der Waals surface area contributed by atoms with Gasteiger partial charge in [0, 0.05) is 32.6 Å². The molecule has 0 spiro atoms. The molecule has 0 N–H and O–H groups in total. The monoisotopic (exact) mass is 397 g/mol. The molecule has 0 aliphatic carbocycles. The molecule has 7 heteroatoms. The Morgan fingerprint density at radius 3 is 2.41 bits per heavy atom. The molecule has 2 amide bonds. The number of carbonyl (C=O) groups excluding carboxylic acids is 2. The largest absolute Gasteiger partial charge is 0.346 e. The zero-order valence-corrected chi connectivity index (χ0v) is 17.9. The molecule has 1 aliphatic heterocycles. The summed E-state index contributed by atoms with van der Waals surface area (Å²) in [5.41, 5.74) is 3.17. The average molecular weight is 398 g/mol. The third kappa shape index (κ3) is 4.66. The van der Waals surface area contributed by atoms with Crippen molar-refractivity contribution in [2.75, 3.05) is 26.7 Å². The van der Waals surface area contributed by atoms with Gasteiger partial charge in [-0.15, -0.1) is 5.10 Å². The first-order chi connectivity index (χ1) is 13.9. The van der Waals surface area contributed by atoms with Crippen molar-refractivity contribution in [2.45, 2.75) is 46.5 Å². The van der Waals surface area contributed by atoms with Gasteiger partial charge in [0.2, 0.25) is 5.91 Å². The summed E-state index contributed by atoms with van der Waals surface area (Å²) >= 11 is 0. The number of hydrogen-bond acceptors (Lipinski definition) is 4. The van der Waals surface area contributed by atoms with Gasteiger partial charge < -0.3 is 9.80 Å². The number of benzene rings is 1. The minimum absolute atomic E-state index is 0.00486. The Kier molecular flexibility index (Phi) is 6.67. The molecule has 1 aromatic carbocycles. The normalized spacial score (nSPS) is 14.8. The maximum Gasteiger partial charge on any atom is 0.276 e. The van der Waals surface area contributed by atoms with Crippen LogP contribution in [0.3, 0.4) is 0 Å².